The molecule has 0 heterocycles. The molecular formula is C7H13Cl2F4N. The zero-order chi connectivity index (χ0) is 12.0. The van der Waals surface area contributed by atoms with E-state index in [1.54, 1.807) is 0 Å². The molecule has 0 aliphatic carbocycles. The van der Waals surface area contributed by atoms with Gasteiger partial charge >= 0.3 is 6.18 Å². The molecule has 0 fully saturated rings. The van der Waals surface area contributed by atoms with Crippen molar-refractivity contribution in [3.63, 3.8) is 0 Å². The topological polar surface area (TPSA) is 26.0 Å². The average Bonchev–Trinajstić information content (AvgIpc) is 2.03. The van der Waals surface area contributed by atoms with Crippen LogP contribution in [0.5, 0.6) is 0 Å². The van der Waals surface area contributed by atoms with Gasteiger partial charge in [-0.05, 0) is 13.3 Å². The average molecular weight is 258 g/mol. The van der Waals surface area contributed by atoms with Gasteiger partial charge in [0, 0.05) is 6.04 Å². The minimum Gasteiger partial charge on any atom is -0.328 e. The van der Waals surface area contributed by atoms with E-state index in [1.807, 2.05) is 6.92 Å². The lowest BCUT2D eigenvalue weighted by Crippen LogP contribution is -2.36. The maximum Gasteiger partial charge on any atom is 0.438 e. The summed E-state index contributed by atoms with van der Waals surface area (Å²) < 4.78 is 45.6. The molecule has 0 spiro atoms. The van der Waals surface area contributed by atoms with Crippen LogP contribution in [0.25, 0.3) is 0 Å². The van der Waals surface area contributed by atoms with E-state index >= 15 is 0 Å². The molecule has 0 saturated heterocycles. The third-order valence-electron chi connectivity index (χ3n) is 1.23. The Kier molecular flexibility index (Phi) is 7.97. The van der Waals surface area contributed by atoms with E-state index in [9.17, 15) is 17.6 Å². The Hall–Kier alpha value is 0.260. The first-order valence-electron chi connectivity index (χ1n) is 3.84. The first-order chi connectivity index (χ1) is 6.08. The van der Waals surface area contributed by atoms with Crippen LogP contribution in [0.15, 0.2) is 0 Å². The Morgan fingerprint density at radius 3 is 1.57 bits per heavy atom. The van der Waals surface area contributed by atoms with E-state index < -0.39 is 17.2 Å². The van der Waals surface area contributed by atoms with Crippen molar-refractivity contribution < 1.29 is 17.6 Å². The molecule has 2 N–H and O–H groups in total. The van der Waals surface area contributed by atoms with E-state index in [4.69, 9.17) is 5.73 Å². The summed E-state index contributed by atoms with van der Waals surface area (Å²) in [5.74, 6) is -1.29. The van der Waals surface area contributed by atoms with Gasteiger partial charge in [-0.1, -0.05) is 18.5 Å². The highest BCUT2D eigenvalue weighted by atomic mass is 35.5. The molecular weight excluding hydrogens is 245 g/mol. The third kappa shape index (κ3) is 7.64. The van der Waals surface area contributed by atoms with Crippen LogP contribution in [-0.4, -0.2) is 23.2 Å². The second-order valence-electron chi connectivity index (χ2n) is 2.72. The summed E-state index contributed by atoms with van der Waals surface area (Å²) in [5, 5.41) is -3.78. The summed E-state index contributed by atoms with van der Waals surface area (Å²) in [4.78, 5) is 0. The van der Waals surface area contributed by atoms with E-state index in [2.05, 4.69) is 30.1 Å². The lowest BCUT2D eigenvalue weighted by molar-refractivity contribution is -0.190. The normalized spacial score (nSPS) is 17.8. The molecule has 0 rings (SSSR count). The van der Waals surface area contributed by atoms with Gasteiger partial charge in [0.2, 0.25) is 0 Å². The van der Waals surface area contributed by atoms with Crippen molar-refractivity contribution in [1.82, 2.24) is 0 Å². The molecule has 1 nitrogen and oxygen atoms in total. The van der Waals surface area contributed by atoms with E-state index in [0.29, 0.717) is 6.04 Å². The predicted octanol–water partition coefficient (Wildman–Crippen LogP) is 3.44. The molecule has 0 aromatic carbocycles. The van der Waals surface area contributed by atoms with Crippen molar-refractivity contribution in [2.75, 3.05) is 5.88 Å². The molecule has 88 valence electrons. The van der Waals surface area contributed by atoms with Gasteiger partial charge in [-0.25, -0.2) is 4.39 Å². The number of rotatable bonds is 2. The zero-order valence-corrected chi connectivity index (χ0v) is 9.35. The van der Waals surface area contributed by atoms with Crippen LogP contribution in [0.2, 0.25) is 0 Å². The fourth-order valence-corrected chi connectivity index (χ4v) is 0.227. The molecule has 0 aromatic heterocycles. The fourth-order valence-electron chi connectivity index (χ4n) is 0.0758. The molecule has 0 aliphatic heterocycles. The van der Waals surface area contributed by atoms with Crippen molar-refractivity contribution in [1.29, 1.82) is 0 Å². The van der Waals surface area contributed by atoms with E-state index in [0.717, 1.165) is 6.42 Å². The molecule has 2 unspecified atom stereocenters. The van der Waals surface area contributed by atoms with Gasteiger partial charge in [0.15, 0.2) is 0 Å². The van der Waals surface area contributed by atoms with Gasteiger partial charge in [-0.3, -0.25) is 0 Å². The lowest BCUT2D eigenvalue weighted by Gasteiger charge is -2.17. The van der Waals surface area contributed by atoms with Crippen LogP contribution < -0.4 is 5.73 Å². The maximum absolute atomic E-state index is 11.8. The smallest absolute Gasteiger partial charge is 0.328 e. The Labute approximate surface area is 90.5 Å². The standard InChI is InChI=1S/C4H11N.C3H2Cl2F4/c1-3-4(2)5;4-1-2(5,6)3(7,8)9/h4H,3,5H2,1-2H3;1H2. The maximum atomic E-state index is 11.8. The Bertz CT molecular complexity index is 147. The molecule has 2 atom stereocenters. The predicted molar refractivity (Wildman–Crippen MR) is 50.4 cm³/mol. The van der Waals surface area contributed by atoms with Gasteiger partial charge < -0.3 is 5.73 Å². The van der Waals surface area contributed by atoms with Gasteiger partial charge in [0.25, 0.3) is 5.13 Å². The van der Waals surface area contributed by atoms with Crippen LogP contribution in [-0.2, 0) is 0 Å². The minimum atomic E-state index is -5.09. The molecule has 0 saturated carbocycles. The first-order valence-corrected chi connectivity index (χ1v) is 4.75. The SMILES string of the molecule is CCC(C)N.FC(F)(F)C(F)(Cl)CCl. The fraction of sp³-hybridized carbons (Fsp3) is 1.00. The van der Waals surface area contributed by atoms with Crippen LogP contribution in [0.1, 0.15) is 20.3 Å². The summed E-state index contributed by atoms with van der Waals surface area (Å²) >= 11 is 8.82. The highest BCUT2D eigenvalue weighted by Gasteiger charge is 2.54. The van der Waals surface area contributed by atoms with E-state index in [-0.39, 0.29) is 0 Å². The van der Waals surface area contributed by atoms with Crippen molar-refractivity contribution in [2.45, 2.75) is 37.6 Å². The first kappa shape index (κ1) is 16.7. The van der Waals surface area contributed by atoms with Gasteiger partial charge in [0.05, 0.1) is 5.88 Å². The van der Waals surface area contributed by atoms with Crippen LogP contribution in [0.3, 0.4) is 0 Å². The van der Waals surface area contributed by atoms with Crippen LogP contribution in [0.4, 0.5) is 17.6 Å². The molecule has 7 heteroatoms. The Morgan fingerprint density at radius 1 is 1.29 bits per heavy atom. The van der Waals surface area contributed by atoms with Gasteiger partial charge in [0.1, 0.15) is 0 Å². The quantitative estimate of drug-likeness (QED) is 0.596. The third-order valence-corrected chi connectivity index (χ3v) is 2.08. The summed E-state index contributed by atoms with van der Waals surface area (Å²) in [6.07, 6.45) is -4.00. The zero-order valence-electron chi connectivity index (χ0n) is 7.84. The largest absolute Gasteiger partial charge is 0.438 e. The van der Waals surface area contributed by atoms with Crippen LogP contribution >= 0.6 is 23.2 Å². The lowest BCUT2D eigenvalue weighted by atomic mass is 10.3. The second-order valence-corrected chi connectivity index (χ2v) is 3.59. The number of nitrogens with two attached hydrogens (primary N) is 1. The van der Waals surface area contributed by atoms with Gasteiger partial charge in [-0.15, -0.1) is 11.6 Å². The number of hydrogen-bond acceptors (Lipinski definition) is 1. The Morgan fingerprint density at radius 2 is 1.57 bits per heavy atom. The van der Waals surface area contributed by atoms with E-state index in [1.165, 1.54) is 0 Å². The monoisotopic (exact) mass is 257 g/mol. The summed E-state index contributed by atoms with van der Waals surface area (Å²) in [5.41, 5.74) is 5.29. The molecule has 0 bridgehead atoms. The number of hydrogen-bond donors (Lipinski definition) is 1. The molecule has 0 radical (unpaired) electrons. The van der Waals surface area contributed by atoms with Crippen molar-refractivity contribution in [3.05, 3.63) is 0 Å². The summed E-state index contributed by atoms with van der Waals surface area (Å²) in [6.45, 7) is 4.07. The minimum absolute atomic E-state index is 0.384. The number of halogens is 6. The Balaban J connectivity index is 0. The second kappa shape index (κ2) is 6.69. The van der Waals surface area contributed by atoms with Crippen LogP contribution in [0, 0.1) is 0 Å². The van der Waals surface area contributed by atoms with Crippen molar-refractivity contribution >= 4 is 23.2 Å². The molecule has 0 aromatic rings. The van der Waals surface area contributed by atoms with Crippen molar-refractivity contribution in [3.8, 4) is 0 Å². The molecule has 0 amide bonds. The molecule has 14 heavy (non-hydrogen) atoms. The van der Waals surface area contributed by atoms with Crippen molar-refractivity contribution in [2.24, 2.45) is 5.73 Å². The highest BCUT2D eigenvalue weighted by Crippen LogP contribution is 2.38. The number of alkyl halides is 6. The summed E-state index contributed by atoms with van der Waals surface area (Å²) in [7, 11) is 0. The molecule has 0 aliphatic rings. The van der Waals surface area contributed by atoms with Gasteiger partial charge in [-0.2, -0.15) is 13.2 Å². The summed E-state index contributed by atoms with van der Waals surface area (Å²) in [6, 6.07) is 0.384. The highest BCUT2D eigenvalue weighted by molar-refractivity contribution is 6.30.